The summed E-state index contributed by atoms with van der Waals surface area (Å²) in [5.41, 5.74) is 0. The first-order valence-electron chi connectivity index (χ1n) is 7.12. The molecule has 0 aromatic carbocycles. The predicted molar refractivity (Wildman–Crippen MR) is 71.8 cm³/mol. The zero-order valence-corrected chi connectivity index (χ0v) is 11.8. The fourth-order valence-corrected chi connectivity index (χ4v) is 1.81. The van der Waals surface area contributed by atoms with Crippen molar-refractivity contribution < 1.29 is 24.5 Å². The number of aliphatic hydroxyl groups is 1. The van der Waals surface area contributed by atoms with Crippen molar-refractivity contribution in [1.82, 2.24) is 0 Å². The highest BCUT2D eigenvalue weighted by Gasteiger charge is 2.17. The van der Waals surface area contributed by atoms with E-state index in [1.165, 1.54) is 12.8 Å². The fraction of sp³-hybridized carbons (Fsp3) is 0.857. The summed E-state index contributed by atoms with van der Waals surface area (Å²) in [5.74, 6) is -0.845. The highest BCUT2D eigenvalue weighted by molar-refractivity contribution is 5.69. The van der Waals surface area contributed by atoms with Gasteiger partial charge in [-0.2, -0.15) is 0 Å². The number of hydrogen-bond donors (Lipinski definition) is 2. The second-order valence-electron chi connectivity index (χ2n) is 4.72. The van der Waals surface area contributed by atoms with Gasteiger partial charge in [-0.05, 0) is 32.1 Å². The van der Waals surface area contributed by atoms with Gasteiger partial charge >= 0.3 is 11.9 Å². The lowest BCUT2D eigenvalue weighted by Crippen LogP contribution is -2.14. The lowest BCUT2D eigenvalue weighted by molar-refractivity contribution is -0.148. The van der Waals surface area contributed by atoms with Crippen LogP contribution in [0.25, 0.3) is 0 Å². The first-order valence-corrected chi connectivity index (χ1v) is 7.12. The van der Waals surface area contributed by atoms with Gasteiger partial charge in [0.25, 0.3) is 0 Å². The highest BCUT2D eigenvalue weighted by Crippen LogP contribution is 2.18. The van der Waals surface area contributed by atoms with E-state index in [0.717, 1.165) is 25.7 Å². The van der Waals surface area contributed by atoms with Gasteiger partial charge in [0.2, 0.25) is 0 Å². The number of aliphatic hydroxyl groups excluding tert-OH is 1. The van der Waals surface area contributed by atoms with Crippen molar-refractivity contribution in [1.29, 1.82) is 0 Å². The molecule has 1 heterocycles. The molecule has 0 bridgehead atoms. The van der Waals surface area contributed by atoms with Crippen molar-refractivity contribution in [2.45, 2.75) is 70.8 Å². The van der Waals surface area contributed by atoms with Gasteiger partial charge in [-0.15, -0.1) is 0 Å². The van der Waals surface area contributed by atoms with Crippen LogP contribution in [0.1, 0.15) is 64.7 Å². The van der Waals surface area contributed by atoms with Crippen molar-refractivity contribution in [3.8, 4) is 0 Å². The second-order valence-corrected chi connectivity index (χ2v) is 4.72. The number of ether oxygens (including phenoxy) is 1. The molecular formula is C14H26O5. The molecule has 5 heteroatoms. The lowest BCUT2D eigenvalue weighted by atomic mass is 10.1. The van der Waals surface area contributed by atoms with Crippen LogP contribution < -0.4 is 0 Å². The van der Waals surface area contributed by atoms with E-state index in [-0.39, 0.29) is 25.1 Å². The third-order valence-corrected chi connectivity index (χ3v) is 2.88. The minimum Gasteiger partial charge on any atom is -0.481 e. The molecular weight excluding hydrogens is 248 g/mol. The molecule has 0 aliphatic carbocycles. The second kappa shape index (κ2) is 12.0. The smallest absolute Gasteiger partial charge is 0.306 e. The Bertz CT molecular complexity index is 252. The zero-order valence-electron chi connectivity index (χ0n) is 11.8. The standard InChI is InChI=1S/C10H18O2.C4H8O3/c1-2-3-6-9-7-4-5-8-10(11)12-9;5-3-1-2-4(6)7/h9H,2-8H2,1H3;5H,1-3H2,(H,6,7). The summed E-state index contributed by atoms with van der Waals surface area (Å²) in [6, 6.07) is 0. The summed E-state index contributed by atoms with van der Waals surface area (Å²) >= 11 is 0. The molecule has 5 nitrogen and oxygen atoms in total. The van der Waals surface area contributed by atoms with Crippen molar-refractivity contribution in [3.63, 3.8) is 0 Å². The summed E-state index contributed by atoms with van der Waals surface area (Å²) < 4.78 is 5.27. The molecule has 0 aromatic rings. The van der Waals surface area contributed by atoms with E-state index in [2.05, 4.69) is 6.92 Å². The van der Waals surface area contributed by atoms with Crippen molar-refractivity contribution in [3.05, 3.63) is 0 Å². The number of carboxylic acids is 1. The monoisotopic (exact) mass is 274 g/mol. The molecule has 1 saturated heterocycles. The van der Waals surface area contributed by atoms with Gasteiger partial charge in [0.05, 0.1) is 0 Å². The maximum Gasteiger partial charge on any atom is 0.306 e. The maximum absolute atomic E-state index is 11.0. The molecule has 0 saturated carbocycles. The van der Waals surface area contributed by atoms with Crippen molar-refractivity contribution in [2.24, 2.45) is 0 Å². The minimum absolute atomic E-state index is 0.00797. The van der Waals surface area contributed by atoms with Crippen LogP contribution in [-0.2, 0) is 14.3 Å². The molecule has 0 aromatic heterocycles. The van der Waals surface area contributed by atoms with Gasteiger partial charge in [0.1, 0.15) is 6.10 Å². The quantitative estimate of drug-likeness (QED) is 0.727. The SMILES string of the molecule is CCCCC1CCCCC(=O)O1.O=C(O)CCCO. The zero-order chi connectivity index (χ0) is 14.5. The van der Waals surface area contributed by atoms with Crippen LogP contribution in [0.2, 0.25) is 0 Å². The van der Waals surface area contributed by atoms with Crippen LogP contribution in [0.15, 0.2) is 0 Å². The number of unbranched alkanes of at least 4 members (excludes halogenated alkanes) is 1. The van der Waals surface area contributed by atoms with Crippen LogP contribution in [0.5, 0.6) is 0 Å². The average Bonchev–Trinajstić information content (AvgIpc) is 2.59. The molecule has 19 heavy (non-hydrogen) atoms. The van der Waals surface area contributed by atoms with E-state index in [9.17, 15) is 9.59 Å². The Morgan fingerprint density at radius 3 is 2.63 bits per heavy atom. The molecule has 0 amide bonds. The average molecular weight is 274 g/mol. The minimum atomic E-state index is -0.853. The largest absolute Gasteiger partial charge is 0.481 e. The molecule has 1 rings (SSSR count). The van der Waals surface area contributed by atoms with Crippen molar-refractivity contribution in [2.75, 3.05) is 6.61 Å². The molecule has 112 valence electrons. The molecule has 1 fully saturated rings. The topological polar surface area (TPSA) is 83.8 Å². The Morgan fingerprint density at radius 1 is 1.37 bits per heavy atom. The number of aliphatic carboxylic acids is 1. The van der Waals surface area contributed by atoms with E-state index in [1.54, 1.807) is 0 Å². The van der Waals surface area contributed by atoms with Crippen molar-refractivity contribution >= 4 is 11.9 Å². The first-order chi connectivity index (χ1) is 9.10. The summed E-state index contributed by atoms with van der Waals surface area (Å²) in [6.45, 7) is 2.13. The molecule has 1 atom stereocenters. The number of carboxylic acid groups (broad SMARTS) is 1. The van der Waals surface area contributed by atoms with E-state index < -0.39 is 5.97 Å². The van der Waals surface area contributed by atoms with Gasteiger partial charge in [0, 0.05) is 19.4 Å². The van der Waals surface area contributed by atoms with Crippen LogP contribution in [0.3, 0.4) is 0 Å². The number of hydrogen-bond acceptors (Lipinski definition) is 4. The van der Waals surface area contributed by atoms with E-state index in [1.807, 2.05) is 0 Å². The maximum atomic E-state index is 11.0. The number of cyclic esters (lactones) is 1. The third kappa shape index (κ3) is 11.7. The van der Waals surface area contributed by atoms with Crippen LogP contribution in [0, 0.1) is 0 Å². The molecule has 1 aliphatic heterocycles. The molecule has 0 spiro atoms. The van der Waals surface area contributed by atoms with E-state index in [4.69, 9.17) is 14.9 Å². The summed E-state index contributed by atoms with van der Waals surface area (Å²) in [7, 11) is 0. The number of rotatable bonds is 6. The van der Waals surface area contributed by atoms with Crippen LogP contribution >= 0.6 is 0 Å². The van der Waals surface area contributed by atoms with Gasteiger partial charge in [-0.25, -0.2) is 0 Å². The summed E-state index contributed by atoms with van der Waals surface area (Å²) in [4.78, 5) is 20.7. The lowest BCUT2D eigenvalue weighted by Gasteiger charge is -2.13. The third-order valence-electron chi connectivity index (χ3n) is 2.88. The normalized spacial score (nSPS) is 18.8. The number of carbonyl (C=O) groups excluding carboxylic acids is 1. The van der Waals surface area contributed by atoms with Gasteiger partial charge in [0.15, 0.2) is 0 Å². The first kappa shape index (κ1) is 17.9. The predicted octanol–water partition coefficient (Wildman–Crippen LogP) is 2.51. The Morgan fingerprint density at radius 2 is 2.11 bits per heavy atom. The van der Waals surface area contributed by atoms with E-state index >= 15 is 0 Å². The number of carbonyl (C=O) groups is 2. The van der Waals surface area contributed by atoms with Gasteiger partial charge < -0.3 is 14.9 Å². The molecule has 1 aliphatic rings. The summed E-state index contributed by atoms with van der Waals surface area (Å²) in [5, 5.41) is 16.0. The van der Waals surface area contributed by atoms with Crippen LogP contribution in [0.4, 0.5) is 0 Å². The summed E-state index contributed by atoms with van der Waals surface area (Å²) in [6.07, 6.45) is 7.94. The fourth-order valence-electron chi connectivity index (χ4n) is 1.81. The molecule has 2 N–H and O–H groups in total. The molecule has 1 unspecified atom stereocenters. The van der Waals surface area contributed by atoms with Gasteiger partial charge in [-0.3, -0.25) is 9.59 Å². The Hall–Kier alpha value is -1.10. The Labute approximate surface area is 115 Å². The van der Waals surface area contributed by atoms with Gasteiger partial charge in [-0.1, -0.05) is 19.8 Å². The van der Waals surface area contributed by atoms with E-state index in [0.29, 0.717) is 12.8 Å². The number of esters is 1. The molecule has 0 radical (unpaired) electrons. The Balaban J connectivity index is 0.000000399. The highest BCUT2D eigenvalue weighted by atomic mass is 16.5. The Kier molecular flexibility index (Phi) is 11.3. The van der Waals surface area contributed by atoms with Crippen LogP contribution in [-0.4, -0.2) is 34.9 Å².